The Balaban J connectivity index is 1.89. The van der Waals surface area contributed by atoms with Crippen LogP contribution in [0.3, 0.4) is 0 Å². The molecule has 0 radical (unpaired) electrons. The van der Waals surface area contributed by atoms with Crippen molar-refractivity contribution in [3.8, 4) is 11.4 Å². The molecule has 1 heterocycles. The summed E-state index contributed by atoms with van der Waals surface area (Å²) in [5.41, 5.74) is 4.33. The molecule has 3 nitrogen and oxygen atoms in total. The zero-order valence-electron chi connectivity index (χ0n) is 12.6. The van der Waals surface area contributed by atoms with Gasteiger partial charge in [0.05, 0.1) is 16.9 Å². The maximum Gasteiger partial charge on any atom is 0.115 e. The van der Waals surface area contributed by atoms with Gasteiger partial charge in [0, 0.05) is 11.8 Å². The number of hydrogen-bond acceptors (Lipinski definition) is 2. The summed E-state index contributed by atoms with van der Waals surface area (Å²) in [6.07, 6.45) is 0.808. The molecule has 1 aromatic heterocycles. The predicted octanol–water partition coefficient (Wildman–Crippen LogP) is 4.32. The fraction of sp³-hybridized carbons (Fsp3) is 0.0500. The molecule has 4 rings (SSSR count). The minimum atomic E-state index is 0.259. The lowest BCUT2D eigenvalue weighted by Gasteiger charge is -2.08. The van der Waals surface area contributed by atoms with Crippen LogP contribution in [0.15, 0.2) is 78.9 Å². The van der Waals surface area contributed by atoms with Crippen LogP contribution in [0, 0.1) is 0 Å². The number of fused-ring (bicyclic) bond motifs is 1. The average Bonchev–Trinajstić information content (AvgIpc) is 2.95. The third-order valence-corrected chi connectivity index (χ3v) is 3.99. The van der Waals surface area contributed by atoms with E-state index in [4.69, 9.17) is 5.10 Å². The van der Waals surface area contributed by atoms with Crippen molar-refractivity contribution in [3.05, 3.63) is 90.1 Å². The van der Waals surface area contributed by atoms with Gasteiger partial charge in [0.2, 0.25) is 0 Å². The van der Waals surface area contributed by atoms with E-state index in [0.717, 1.165) is 28.7 Å². The Morgan fingerprint density at radius 2 is 1.48 bits per heavy atom. The zero-order chi connectivity index (χ0) is 15.6. The van der Waals surface area contributed by atoms with Gasteiger partial charge in [-0.1, -0.05) is 48.5 Å². The third kappa shape index (κ3) is 2.57. The van der Waals surface area contributed by atoms with Crippen LogP contribution < -0.4 is 0 Å². The average molecular weight is 300 g/mol. The van der Waals surface area contributed by atoms with E-state index in [9.17, 15) is 5.11 Å². The summed E-state index contributed by atoms with van der Waals surface area (Å²) in [5.74, 6) is 0.259. The topological polar surface area (TPSA) is 38.0 Å². The second-order valence-electron chi connectivity index (χ2n) is 5.55. The molecule has 0 amide bonds. The van der Waals surface area contributed by atoms with E-state index in [1.807, 2.05) is 41.1 Å². The molecule has 0 saturated carbocycles. The van der Waals surface area contributed by atoms with Crippen LogP contribution in [-0.4, -0.2) is 14.9 Å². The van der Waals surface area contributed by atoms with Gasteiger partial charge in [-0.2, -0.15) is 5.10 Å². The standard InChI is InChI=1S/C20H16N2O/c23-17-12-10-16(11-13-17)22-20(14-15-6-2-1-3-7-15)18-8-4-5-9-19(18)21-22/h1-13,23H,14H2. The molecule has 0 aliphatic rings. The first-order valence-electron chi connectivity index (χ1n) is 7.61. The van der Waals surface area contributed by atoms with Gasteiger partial charge in [0.15, 0.2) is 0 Å². The summed E-state index contributed by atoms with van der Waals surface area (Å²) in [5, 5.41) is 15.4. The van der Waals surface area contributed by atoms with Gasteiger partial charge in [0.1, 0.15) is 5.75 Å². The van der Waals surface area contributed by atoms with Crippen LogP contribution in [0.5, 0.6) is 5.75 Å². The number of phenols is 1. The SMILES string of the molecule is Oc1ccc(-n2nc3ccccc3c2Cc2ccccc2)cc1. The van der Waals surface area contributed by atoms with Gasteiger partial charge in [-0.3, -0.25) is 0 Å². The molecule has 1 N–H and O–H groups in total. The van der Waals surface area contributed by atoms with Crippen LogP contribution in [0.4, 0.5) is 0 Å². The lowest BCUT2D eigenvalue weighted by atomic mass is 10.1. The monoisotopic (exact) mass is 300 g/mol. The highest BCUT2D eigenvalue weighted by molar-refractivity contribution is 5.82. The summed E-state index contributed by atoms with van der Waals surface area (Å²) >= 11 is 0. The van der Waals surface area contributed by atoms with Crippen LogP contribution in [0.2, 0.25) is 0 Å². The van der Waals surface area contributed by atoms with Gasteiger partial charge in [-0.15, -0.1) is 0 Å². The molecule has 0 spiro atoms. The summed E-state index contributed by atoms with van der Waals surface area (Å²) in [7, 11) is 0. The van der Waals surface area contributed by atoms with Crippen LogP contribution in [0.1, 0.15) is 11.3 Å². The van der Waals surface area contributed by atoms with E-state index < -0.39 is 0 Å². The normalized spacial score (nSPS) is 11.0. The third-order valence-electron chi connectivity index (χ3n) is 3.99. The molecule has 4 aromatic rings. The van der Waals surface area contributed by atoms with Crippen molar-refractivity contribution in [1.29, 1.82) is 0 Å². The second kappa shape index (κ2) is 5.61. The van der Waals surface area contributed by atoms with Gasteiger partial charge >= 0.3 is 0 Å². The molecule has 0 saturated heterocycles. The Labute approximate surface area is 134 Å². The van der Waals surface area contributed by atoms with E-state index >= 15 is 0 Å². The fourth-order valence-electron chi connectivity index (χ4n) is 2.85. The van der Waals surface area contributed by atoms with Gasteiger partial charge in [0.25, 0.3) is 0 Å². The Morgan fingerprint density at radius 3 is 2.26 bits per heavy atom. The van der Waals surface area contributed by atoms with E-state index in [2.05, 4.69) is 30.3 Å². The highest BCUT2D eigenvalue weighted by Gasteiger charge is 2.13. The molecule has 0 unspecified atom stereocenters. The fourth-order valence-corrected chi connectivity index (χ4v) is 2.85. The minimum absolute atomic E-state index is 0.259. The van der Waals surface area contributed by atoms with Crippen molar-refractivity contribution in [3.63, 3.8) is 0 Å². The number of rotatable bonds is 3. The highest BCUT2D eigenvalue weighted by Crippen LogP contribution is 2.25. The number of hydrogen-bond donors (Lipinski definition) is 1. The van der Waals surface area contributed by atoms with Crippen molar-refractivity contribution in [2.45, 2.75) is 6.42 Å². The number of benzene rings is 3. The molecular formula is C20H16N2O. The first kappa shape index (κ1) is 13.6. The van der Waals surface area contributed by atoms with Crippen LogP contribution >= 0.6 is 0 Å². The number of nitrogens with zero attached hydrogens (tertiary/aromatic N) is 2. The first-order chi connectivity index (χ1) is 11.3. The van der Waals surface area contributed by atoms with Crippen molar-refractivity contribution >= 4 is 10.9 Å². The Kier molecular flexibility index (Phi) is 3.31. The molecule has 3 heteroatoms. The summed E-state index contributed by atoms with van der Waals surface area (Å²) in [6.45, 7) is 0. The van der Waals surface area contributed by atoms with Crippen molar-refractivity contribution < 1.29 is 5.11 Å². The molecule has 0 atom stereocenters. The number of aromatic hydroxyl groups is 1. The molecule has 3 aromatic carbocycles. The molecule has 0 aliphatic carbocycles. The Morgan fingerprint density at radius 1 is 0.783 bits per heavy atom. The van der Waals surface area contributed by atoms with Crippen molar-refractivity contribution in [1.82, 2.24) is 9.78 Å². The Hall–Kier alpha value is -3.07. The van der Waals surface area contributed by atoms with E-state index in [0.29, 0.717) is 0 Å². The molecule has 0 aliphatic heterocycles. The lowest BCUT2D eigenvalue weighted by Crippen LogP contribution is -2.03. The largest absolute Gasteiger partial charge is 0.508 e. The van der Waals surface area contributed by atoms with E-state index in [1.54, 1.807) is 12.1 Å². The second-order valence-corrected chi connectivity index (χ2v) is 5.55. The number of aromatic nitrogens is 2. The van der Waals surface area contributed by atoms with E-state index in [1.165, 1.54) is 5.56 Å². The first-order valence-corrected chi connectivity index (χ1v) is 7.61. The Bertz CT molecular complexity index is 940. The van der Waals surface area contributed by atoms with Gasteiger partial charge < -0.3 is 5.11 Å². The zero-order valence-corrected chi connectivity index (χ0v) is 12.6. The predicted molar refractivity (Wildman–Crippen MR) is 92.0 cm³/mol. The van der Waals surface area contributed by atoms with Gasteiger partial charge in [-0.05, 0) is 35.9 Å². The summed E-state index contributed by atoms with van der Waals surface area (Å²) < 4.78 is 1.97. The van der Waals surface area contributed by atoms with Crippen molar-refractivity contribution in [2.24, 2.45) is 0 Å². The number of phenolic OH excluding ortho intramolecular Hbond substituents is 1. The molecular weight excluding hydrogens is 284 g/mol. The quantitative estimate of drug-likeness (QED) is 0.612. The van der Waals surface area contributed by atoms with Crippen LogP contribution in [0.25, 0.3) is 16.6 Å². The van der Waals surface area contributed by atoms with E-state index in [-0.39, 0.29) is 5.75 Å². The molecule has 0 bridgehead atoms. The molecule has 23 heavy (non-hydrogen) atoms. The highest BCUT2D eigenvalue weighted by atomic mass is 16.3. The van der Waals surface area contributed by atoms with Gasteiger partial charge in [-0.25, -0.2) is 4.68 Å². The lowest BCUT2D eigenvalue weighted by molar-refractivity contribution is 0.475. The maximum atomic E-state index is 9.52. The molecule has 0 fully saturated rings. The van der Waals surface area contributed by atoms with Crippen molar-refractivity contribution in [2.75, 3.05) is 0 Å². The molecule has 112 valence electrons. The summed E-state index contributed by atoms with van der Waals surface area (Å²) in [6, 6.07) is 25.7. The smallest absolute Gasteiger partial charge is 0.115 e. The maximum absolute atomic E-state index is 9.52. The summed E-state index contributed by atoms with van der Waals surface area (Å²) in [4.78, 5) is 0. The van der Waals surface area contributed by atoms with Crippen LogP contribution in [-0.2, 0) is 6.42 Å². The minimum Gasteiger partial charge on any atom is -0.508 e.